The van der Waals surface area contributed by atoms with Gasteiger partial charge in [-0.3, -0.25) is 9.59 Å². The maximum absolute atomic E-state index is 13.6. The van der Waals surface area contributed by atoms with Crippen molar-refractivity contribution in [2.75, 3.05) is 26.8 Å². The molecule has 0 aliphatic carbocycles. The zero-order valence-electron chi connectivity index (χ0n) is 19.3. The molecular weight excluding hydrogens is 418 g/mol. The van der Waals surface area contributed by atoms with Gasteiger partial charge in [0.2, 0.25) is 5.91 Å². The Bertz CT molecular complexity index is 1120. The molecule has 1 aliphatic heterocycles. The van der Waals surface area contributed by atoms with Gasteiger partial charge >= 0.3 is 0 Å². The number of H-pyrrole nitrogens is 1. The van der Waals surface area contributed by atoms with Gasteiger partial charge in [0.1, 0.15) is 0 Å². The summed E-state index contributed by atoms with van der Waals surface area (Å²) < 4.78 is 11.2. The Balaban J connectivity index is 1.66. The average Bonchev–Trinajstić information content (AvgIpc) is 3.25. The van der Waals surface area contributed by atoms with Gasteiger partial charge in [0.25, 0.3) is 5.91 Å². The van der Waals surface area contributed by atoms with Gasteiger partial charge in [-0.1, -0.05) is 36.4 Å². The van der Waals surface area contributed by atoms with Crippen LogP contribution in [-0.2, 0) is 14.3 Å². The van der Waals surface area contributed by atoms with Crippen molar-refractivity contribution in [2.24, 2.45) is 0 Å². The fourth-order valence-electron chi connectivity index (χ4n) is 4.69. The van der Waals surface area contributed by atoms with Crippen LogP contribution < -0.4 is 5.32 Å². The largest absolute Gasteiger partial charge is 0.361 e. The number of hydrogen-bond donors (Lipinski definition) is 2. The molecule has 3 aromatic rings. The highest BCUT2D eigenvalue weighted by Crippen LogP contribution is 2.44. The molecule has 7 nitrogen and oxygen atoms in total. The van der Waals surface area contributed by atoms with Crippen molar-refractivity contribution in [3.05, 3.63) is 71.4 Å². The number of fused-ring (bicyclic) bond motifs is 2. The second-order valence-electron chi connectivity index (χ2n) is 8.14. The average molecular weight is 450 g/mol. The molecule has 2 heterocycles. The molecule has 0 saturated carbocycles. The molecule has 2 N–H and O–H groups in total. The van der Waals surface area contributed by atoms with Crippen LogP contribution in [0.25, 0.3) is 10.9 Å². The van der Waals surface area contributed by atoms with E-state index in [4.69, 9.17) is 9.47 Å². The van der Waals surface area contributed by atoms with Crippen molar-refractivity contribution in [3.63, 3.8) is 0 Å². The van der Waals surface area contributed by atoms with Gasteiger partial charge in [-0.15, -0.1) is 0 Å². The Kier molecular flexibility index (Phi) is 7.11. The second kappa shape index (κ2) is 10.2. The van der Waals surface area contributed by atoms with E-state index in [2.05, 4.69) is 10.3 Å². The molecule has 0 spiro atoms. The molecule has 0 saturated heterocycles. The third-order valence-corrected chi connectivity index (χ3v) is 6.19. The first-order valence-corrected chi connectivity index (χ1v) is 11.5. The third kappa shape index (κ3) is 4.51. The summed E-state index contributed by atoms with van der Waals surface area (Å²) in [5.41, 5.74) is 3.22. The maximum Gasteiger partial charge on any atom is 0.254 e. The summed E-state index contributed by atoms with van der Waals surface area (Å²) in [5.74, 6) is -0.748. The number of nitrogens with one attached hydrogen (secondary N) is 2. The van der Waals surface area contributed by atoms with Crippen LogP contribution in [0.4, 0.5) is 0 Å². The van der Waals surface area contributed by atoms with Crippen LogP contribution in [-0.4, -0.2) is 54.8 Å². The molecule has 174 valence electrons. The minimum absolute atomic E-state index is 0.0855. The highest BCUT2D eigenvalue weighted by molar-refractivity contribution is 6.02. The van der Waals surface area contributed by atoms with Gasteiger partial charge in [0.05, 0.1) is 12.0 Å². The topological polar surface area (TPSA) is 83.7 Å². The monoisotopic (exact) mass is 449 g/mol. The van der Waals surface area contributed by atoms with Crippen molar-refractivity contribution in [1.29, 1.82) is 0 Å². The van der Waals surface area contributed by atoms with E-state index in [9.17, 15) is 9.59 Å². The lowest BCUT2D eigenvalue weighted by Gasteiger charge is -2.39. The van der Waals surface area contributed by atoms with Crippen molar-refractivity contribution >= 4 is 22.7 Å². The van der Waals surface area contributed by atoms with E-state index in [0.717, 1.165) is 22.0 Å². The lowest BCUT2D eigenvalue weighted by atomic mass is 9.79. The molecule has 0 fully saturated rings. The normalized spacial score (nSPS) is 18.1. The number of nitrogens with zero attached hydrogens (tertiary/aromatic N) is 1. The van der Waals surface area contributed by atoms with Crippen LogP contribution in [0.15, 0.2) is 54.7 Å². The van der Waals surface area contributed by atoms with E-state index < -0.39 is 12.0 Å². The van der Waals surface area contributed by atoms with Crippen LogP contribution in [0, 0.1) is 0 Å². The lowest BCUT2D eigenvalue weighted by Crippen LogP contribution is -2.46. The Morgan fingerprint density at radius 1 is 1.06 bits per heavy atom. The van der Waals surface area contributed by atoms with Gasteiger partial charge in [-0.2, -0.15) is 0 Å². The number of ether oxygens (including phenoxy) is 2. The Morgan fingerprint density at radius 3 is 2.52 bits per heavy atom. The summed E-state index contributed by atoms with van der Waals surface area (Å²) in [5, 5.41) is 4.08. The van der Waals surface area contributed by atoms with E-state index in [1.54, 1.807) is 18.0 Å². The van der Waals surface area contributed by atoms with Gasteiger partial charge in [0, 0.05) is 61.5 Å². The molecule has 7 heteroatoms. The first-order chi connectivity index (χ1) is 16.1. The zero-order valence-corrected chi connectivity index (χ0v) is 19.3. The number of aromatic nitrogens is 1. The SMILES string of the molecule is CCOC(CCNC(=O)C1c2ccccc2C(=O)N(C)C1c1c[nH]c2ccccc12)OCC. The van der Waals surface area contributed by atoms with Crippen LogP contribution in [0.1, 0.15) is 53.7 Å². The predicted molar refractivity (Wildman–Crippen MR) is 127 cm³/mol. The van der Waals surface area contributed by atoms with Crippen molar-refractivity contribution < 1.29 is 19.1 Å². The molecule has 2 aromatic carbocycles. The summed E-state index contributed by atoms with van der Waals surface area (Å²) in [6, 6.07) is 14.9. The van der Waals surface area contributed by atoms with Gasteiger partial charge < -0.3 is 24.7 Å². The van der Waals surface area contributed by atoms with Gasteiger partial charge in [-0.25, -0.2) is 0 Å². The van der Waals surface area contributed by atoms with E-state index >= 15 is 0 Å². The second-order valence-corrected chi connectivity index (χ2v) is 8.14. The van der Waals surface area contributed by atoms with Crippen molar-refractivity contribution in [1.82, 2.24) is 15.2 Å². The van der Waals surface area contributed by atoms with Crippen molar-refractivity contribution in [3.8, 4) is 0 Å². The zero-order chi connectivity index (χ0) is 23.4. The lowest BCUT2D eigenvalue weighted by molar-refractivity contribution is -0.140. The standard InChI is InChI=1S/C26H31N3O4/c1-4-32-22(33-5-2)14-15-27-25(30)23-18-11-6-7-12-19(18)26(31)29(3)24(23)20-16-28-21-13-9-8-10-17(20)21/h6-13,16,22-24,28H,4-5,14-15H2,1-3H3,(H,27,30). The molecule has 1 aliphatic rings. The number of hydrogen-bond acceptors (Lipinski definition) is 4. The highest BCUT2D eigenvalue weighted by Gasteiger charge is 2.43. The Hall–Kier alpha value is -3.16. The molecule has 2 atom stereocenters. The van der Waals surface area contributed by atoms with E-state index in [-0.39, 0.29) is 18.1 Å². The van der Waals surface area contributed by atoms with Crippen molar-refractivity contribution in [2.45, 2.75) is 38.5 Å². The van der Waals surface area contributed by atoms with Gasteiger partial charge in [-0.05, 0) is 31.5 Å². The minimum Gasteiger partial charge on any atom is -0.361 e. The number of rotatable bonds is 9. The fraction of sp³-hybridized carbons (Fsp3) is 0.385. The minimum atomic E-state index is -0.541. The molecule has 0 bridgehead atoms. The number of carbonyl (C=O) groups excluding carboxylic acids is 2. The molecule has 0 radical (unpaired) electrons. The fourth-order valence-corrected chi connectivity index (χ4v) is 4.69. The van der Waals surface area contributed by atoms with Crippen LogP contribution >= 0.6 is 0 Å². The number of para-hydroxylation sites is 1. The molecule has 1 aromatic heterocycles. The molecule has 2 amide bonds. The third-order valence-electron chi connectivity index (χ3n) is 6.19. The first-order valence-electron chi connectivity index (χ1n) is 11.5. The molecule has 33 heavy (non-hydrogen) atoms. The smallest absolute Gasteiger partial charge is 0.254 e. The number of likely N-dealkylation sites (N-methyl/N-ethyl adjacent to an activating group) is 1. The summed E-state index contributed by atoms with van der Waals surface area (Å²) in [6.07, 6.45) is 2.11. The molecular formula is C26H31N3O4. The number of carbonyl (C=O) groups is 2. The van der Waals surface area contributed by atoms with Crippen LogP contribution in [0.5, 0.6) is 0 Å². The maximum atomic E-state index is 13.6. The van der Waals surface area contributed by atoms with Crippen LogP contribution in [0.3, 0.4) is 0 Å². The number of benzene rings is 2. The predicted octanol–water partition coefficient (Wildman–Crippen LogP) is 3.98. The van der Waals surface area contributed by atoms with Gasteiger partial charge in [0.15, 0.2) is 6.29 Å². The number of amides is 2. The Labute approximate surface area is 194 Å². The summed E-state index contributed by atoms with van der Waals surface area (Å²) in [4.78, 5) is 31.8. The molecule has 4 rings (SSSR count). The summed E-state index contributed by atoms with van der Waals surface area (Å²) >= 11 is 0. The highest BCUT2D eigenvalue weighted by atomic mass is 16.7. The van der Waals surface area contributed by atoms with E-state index in [1.165, 1.54) is 0 Å². The number of aromatic amines is 1. The quantitative estimate of drug-likeness (QED) is 0.484. The summed E-state index contributed by atoms with van der Waals surface area (Å²) in [6.45, 7) is 5.35. The summed E-state index contributed by atoms with van der Waals surface area (Å²) in [7, 11) is 1.77. The van der Waals surface area contributed by atoms with E-state index in [1.807, 2.05) is 62.5 Å². The first kappa shape index (κ1) is 23.0. The van der Waals surface area contributed by atoms with Crippen LogP contribution in [0.2, 0.25) is 0 Å². The van der Waals surface area contributed by atoms with E-state index in [0.29, 0.717) is 31.7 Å². The molecule has 2 unspecified atom stereocenters. The Morgan fingerprint density at radius 2 is 1.76 bits per heavy atom.